The van der Waals surface area contributed by atoms with E-state index < -0.39 is 12.6 Å². The zero-order valence-electron chi connectivity index (χ0n) is 9.59. The summed E-state index contributed by atoms with van der Waals surface area (Å²) in [6.45, 7) is 1.74. The van der Waals surface area contributed by atoms with Crippen molar-refractivity contribution in [2.24, 2.45) is 5.16 Å². The molecule has 0 spiro atoms. The molecule has 98 valence electrons. The normalized spacial score (nSPS) is 10.6. The molecule has 7 heteroatoms. The first kappa shape index (κ1) is 14.3. The van der Waals surface area contributed by atoms with Crippen LogP contribution in [0, 0.1) is 0 Å². The topological polar surface area (TPSA) is 88.4 Å². The average Bonchev–Trinajstić information content (AvgIpc) is 2.31. The zero-order chi connectivity index (χ0) is 13.5. The maximum atomic E-state index is 10.5. The van der Waals surface area contributed by atoms with Crippen LogP contribution in [0.1, 0.15) is 12.5 Å². The molecule has 0 aromatic heterocycles. The standard InChI is InChI=1S/C11H12BrNO5/c1-2-17-9-3-7(5-13-16)8(12)4-10(9)18-6-11(14)15/h3-5,16H,2,6H2,1H3,(H,14,15)/b13-5+. The number of rotatable bonds is 6. The van der Waals surface area contributed by atoms with Gasteiger partial charge in [-0.3, -0.25) is 0 Å². The van der Waals surface area contributed by atoms with E-state index in [1.165, 1.54) is 6.21 Å². The highest BCUT2D eigenvalue weighted by atomic mass is 79.9. The zero-order valence-corrected chi connectivity index (χ0v) is 11.2. The van der Waals surface area contributed by atoms with Gasteiger partial charge in [0.1, 0.15) is 0 Å². The van der Waals surface area contributed by atoms with Gasteiger partial charge >= 0.3 is 5.97 Å². The largest absolute Gasteiger partial charge is 0.490 e. The maximum Gasteiger partial charge on any atom is 0.341 e. The smallest absolute Gasteiger partial charge is 0.341 e. The van der Waals surface area contributed by atoms with Crippen LogP contribution >= 0.6 is 15.9 Å². The van der Waals surface area contributed by atoms with Gasteiger partial charge in [-0.2, -0.15) is 0 Å². The minimum absolute atomic E-state index is 0.307. The predicted octanol–water partition coefficient (Wildman–Crippen LogP) is 2.12. The lowest BCUT2D eigenvalue weighted by atomic mass is 10.2. The van der Waals surface area contributed by atoms with Crippen molar-refractivity contribution >= 4 is 28.1 Å². The quantitative estimate of drug-likeness (QED) is 0.476. The first-order valence-electron chi connectivity index (χ1n) is 5.06. The average molecular weight is 318 g/mol. The maximum absolute atomic E-state index is 10.5. The van der Waals surface area contributed by atoms with Gasteiger partial charge in [-0.25, -0.2) is 4.79 Å². The molecule has 2 N–H and O–H groups in total. The van der Waals surface area contributed by atoms with Crippen molar-refractivity contribution in [2.75, 3.05) is 13.2 Å². The van der Waals surface area contributed by atoms with Crippen molar-refractivity contribution in [3.63, 3.8) is 0 Å². The van der Waals surface area contributed by atoms with Crippen LogP contribution in [-0.4, -0.2) is 35.7 Å². The molecule has 1 rings (SSSR count). The molecular formula is C11H12BrNO5. The molecule has 0 aliphatic heterocycles. The van der Waals surface area contributed by atoms with E-state index in [0.29, 0.717) is 28.1 Å². The van der Waals surface area contributed by atoms with Gasteiger partial charge in [0.25, 0.3) is 0 Å². The third kappa shape index (κ3) is 3.92. The number of hydrogen-bond acceptors (Lipinski definition) is 5. The first-order chi connectivity index (χ1) is 8.58. The molecule has 0 aliphatic rings. The lowest BCUT2D eigenvalue weighted by molar-refractivity contribution is -0.139. The SMILES string of the molecule is CCOc1cc(/C=N/O)c(Br)cc1OCC(=O)O. The number of carbonyl (C=O) groups is 1. The molecular weight excluding hydrogens is 306 g/mol. The molecule has 1 aromatic carbocycles. The molecule has 0 amide bonds. The molecule has 0 atom stereocenters. The van der Waals surface area contributed by atoms with Crippen LogP contribution < -0.4 is 9.47 Å². The summed E-state index contributed by atoms with van der Waals surface area (Å²) < 4.78 is 11.0. The minimum atomic E-state index is -1.07. The second-order valence-electron chi connectivity index (χ2n) is 3.18. The van der Waals surface area contributed by atoms with Crippen LogP contribution in [0.2, 0.25) is 0 Å². The summed E-state index contributed by atoms with van der Waals surface area (Å²) in [6.07, 6.45) is 1.23. The first-order valence-corrected chi connectivity index (χ1v) is 5.86. The van der Waals surface area contributed by atoms with Crippen LogP contribution in [0.3, 0.4) is 0 Å². The van der Waals surface area contributed by atoms with E-state index >= 15 is 0 Å². The number of ether oxygens (including phenoxy) is 2. The van der Waals surface area contributed by atoms with Crippen LogP contribution in [-0.2, 0) is 4.79 Å². The van der Waals surface area contributed by atoms with Crippen LogP contribution in [0.15, 0.2) is 21.8 Å². The van der Waals surface area contributed by atoms with Crippen LogP contribution in [0.25, 0.3) is 0 Å². The van der Waals surface area contributed by atoms with Crippen molar-refractivity contribution in [3.8, 4) is 11.5 Å². The van der Waals surface area contributed by atoms with Gasteiger partial charge in [0.2, 0.25) is 0 Å². The fraction of sp³-hybridized carbons (Fsp3) is 0.273. The Labute approximate surface area is 112 Å². The Hall–Kier alpha value is -1.76. The molecule has 0 aliphatic carbocycles. The number of nitrogens with zero attached hydrogens (tertiary/aromatic N) is 1. The van der Waals surface area contributed by atoms with E-state index in [0.717, 1.165) is 0 Å². The van der Waals surface area contributed by atoms with Crippen molar-refractivity contribution in [2.45, 2.75) is 6.92 Å². The second-order valence-corrected chi connectivity index (χ2v) is 4.03. The number of carboxylic acid groups (broad SMARTS) is 1. The van der Waals surface area contributed by atoms with E-state index in [-0.39, 0.29) is 0 Å². The molecule has 0 saturated carbocycles. The lowest BCUT2D eigenvalue weighted by Crippen LogP contribution is -2.10. The van der Waals surface area contributed by atoms with Crippen molar-refractivity contribution in [1.82, 2.24) is 0 Å². The molecule has 0 heterocycles. The number of oxime groups is 1. The number of carboxylic acids is 1. The molecule has 0 bridgehead atoms. The predicted molar refractivity (Wildman–Crippen MR) is 67.8 cm³/mol. The number of halogens is 1. The second kappa shape index (κ2) is 6.85. The molecule has 1 aromatic rings. The van der Waals surface area contributed by atoms with Gasteiger partial charge < -0.3 is 19.8 Å². The summed E-state index contributed by atoms with van der Waals surface area (Å²) in [6, 6.07) is 3.15. The van der Waals surface area contributed by atoms with Crippen molar-refractivity contribution in [1.29, 1.82) is 0 Å². The molecule has 6 nitrogen and oxygen atoms in total. The monoisotopic (exact) mass is 317 g/mol. The summed E-state index contributed by atoms with van der Waals surface area (Å²) in [5, 5.41) is 20.0. The van der Waals surface area contributed by atoms with E-state index in [2.05, 4.69) is 21.1 Å². The summed E-state index contributed by atoms with van der Waals surface area (Å²) >= 11 is 3.26. The number of benzene rings is 1. The highest BCUT2D eigenvalue weighted by Crippen LogP contribution is 2.33. The molecule has 0 radical (unpaired) electrons. The highest BCUT2D eigenvalue weighted by molar-refractivity contribution is 9.10. The summed E-state index contributed by atoms with van der Waals surface area (Å²) in [4.78, 5) is 10.5. The van der Waals surface area contributed by atoms with E-state index in [9.17, 15) is 4.79 Å². The molecule has 0 saturated heterocycles. The van der Waals surface area contributed by atoms with E-state index in [1.807, 2.05) is 0 Å². The van der Waals surface area contributed by atoms with Crippen LogP contribution in [0.4, 0.5) is 0 Å². The minimum Gasteiger partial charge on any atom is -0.490 e. The van der Waals surface area contributed by atoms with Gasteiger partial charge in [0, 0.05) is 10.0 Å². The Kier molecular flexibility index (Phi) is 5.44. The fourth-order valence-corrected chi connectivity index (χ4v) is 1.66. The van der Waals surface area contributed by atoms with E-state index in [4.69, 9.17) is 19.8 Å². The van der Waals surface area contributed by atoms with Gasteiger partial charge in [-0.05, 0) is 35.0 Å². The summed E-state index contributed by atoms with van der Waals surface area (Å²) in [5.41, 5.74) is 0.587. The van der Waals surface area contributed by atoms with Gasteiger partial charge in [0.05, 0.1) is 12.8 Å². The summed E-state index contributed by atoms with van der Waals surface area (Å²) in [7, 11) is 0. The van der Waals surface area contributed by atoms with Crippen LogP contribution in [0.5, 0.6) is 11.5 Å². The molecule has 0 unspecified atom stereocenters. The Morgan fingerprint density at radius 3 is 2.67 bits per heavy atom. The number of hydrogen-bond donors (Lipinski definition) is 2. The molecule has 18 heavy (non-hydrogen) atoms. The molecule has 0 fully saturated rings. The van der Waals surface area contributed by atoms with Crippen molar-refractivity contribution in [3.05, 3.63) is 22.2 Å². The Bertz CT molecular complexity index is 461. The lowest BCUT2D eigenvalue weighted by Gasteiger charge is -2.12. The van der Waals surface area contributed by atoms with Gasteiger partial charge in [-0.1, -0.05) is 5.16 Å². The Morgan fingerprint density at radius 2 is 2.11 bits per heavy atom. The highest BCUT2D eigenvalue weighted by Gasteiger charge is 2.11. The fourth-order valence-electron chi connectivity index (χ4n) is 1.23. The Balaban J connectivity index is 3.07. The number of aliphatic carboxylic acids is 1. The third-order valence-corrected chi connectivity index (χ3v) is 2.60. The third-order valence-electron chi connectivity index (χ3n) is 1.91. The summed E-state index contributed by atoms with van der Waals surface area (Å²) in [5.74, 6) is -0.382. The van der Waals surface area contributed by atoms with Crippen molar-refractivity contribution < 1.29 is 24.6 Å². The van der Waals surface area contributed by atoms with E-state index in [1.54, 1.807) is 19.1 Å². The van der Waals surface area contributed by atoms with Gasteiger partial charge in [0.15, 0.2) is 18.1 Å². The van der Waals surface area contributed by atoms with Gasteiger partial charge in [-0.15, -0.1) is 0 Å². The Morgan fingerprint density at radius 1 is 1.44 bits per heavy atom.